The van der Waals surface area contributed by atoms with Crippen LogP contribution in [0.2, 0.25) is 0 Å². The third kappa shape index (κ3) is 2.68. The van der Waals surface area contributed by atoms with Crippen molar-refractivity contribution in [2.75, 3.05) is 7.05 Å². The third-order valence-electron chi connectivity index (χ3n) is 2.13. The highest BCUT2D eigenvalue weighted by molar-refractivity contribution is 7.13. The molecule has 7 heteroatoms. The highest BCUT2D eigenvalue weighted by Gasteiger charge is 2.17. The highest BCUT2D eigenvalue weighted by atomic mass is 32.1. The van der Waals surface area contributed by atoms with Gasteiger partial charge in [0.2, 0.25) is 5.01 Å². The summed E-state index contributed by atoms with van der Waals surface area (Å²) in [6.07, 6.45) is 0. The fraction of sp³-hybridized carbons (Fsp3) is 0.400. The molecule has 0 aliphatic rings. The Morgan fingerprint density at radius 1 is 1.47 bits per heavy atom. The quantitative estimate of drug-likeness (QED) is 0.826. The van der Waals surface area contributed by atoms with Crippen LogP contribution >= 0.6 is 11.3 Å². The van der Waals surface area contributed by atoms with E-state index in [0.29, 0.717) is 11.6 Å². The highest BCUT2D eigenvalue weighted by Crippen LogP contribution is 2.12. The summed E-state index contributed by atoms with van der Waals surface area (Å²) in [4.78, 5) is 13.5. The van der Waals surface area contributed by atoms with Gasteiger partial charge in [-0.25, -0.2) is 0 Å². The van der Waals surface area contributed by atoms with Crippen molar-refractivity contribution < 1.29 is 9.32 Å². The van der Waals surface area contributed by atoms with E-state index in [9.17, 15) is 4.79 Å². The van der Waals surface area contributed by atoms with Crippen molar-refractivity contribution in [1.29, 1.82) is 0 Å². The van der Waals surface area contributed by atoms with Crippen LogP contribution in [-0.2, 0) is 6.54 Å². The van der Waals surface area contributed by atoms with Crippen molar-refractivity contribution in [3.8, 4) is 0 Å². The Kier molecular flexibility index (Phi) is 3.19. The molecule has 2 rings (SSSR count). The van der Waals surface area contributed by atoms with E-state index in [2.05, 4.69) is 15.4 Å². The molecule has 90 valence electrons. The standard InChI is InChI=1S/C10H12N4O2S/c1-6-4-8(13-16-6)5-14(3)10(15)9-12-11-7(2)17-9/h4H,5H2,1-3H3. The molecular formula is C10H12N4O2S. The summed E-state index contributed by atoms with van der Waals surface area (Å²) in [6.45, 7) is 4.02. The van der Waals surface area contributed by atoms with Gasteiger partial charge in [0, 0.05) is 13.1 Å². The third-order valence-corrected chi connectivity index (χ3v) is 2.96. The Hall–Kier alpha value is -1.76. The number of carbonyl (C=O) groups is 1. The van der Waals surface area contributed by atoms with E-state index in [1.807, 2.05) is 13.8 Å². The predicted octanol–water partition coefficient (Wildman–Crippen LogP) is 1.42. The van der Waals surface area contributed by atoms with Crippen LogP contribution in [-0.4, -0.2) is 33.2 Å². The maximum atomic E-state index is 11.9. The van der Waals surface area contributed by atoms with Crippen molar-refractivity contribution >= 4 is 17.2 Å². The van der Waals surface area contributed by atoms with Gasteiger partial charge in [-0.1, -0.05) is 16.5 Å². The van der Waals surface area contributed by atoms with Gasteiger partial charge in [-0.2, -0.15) is 0 Å². The summed E-state index contributed by atoms with van der Waals surface area (Å²) < 4.78 is 4.94. The van der Waals surface area contributed by atoms with Gasteiger partial charge < -0.3 is 9.42 Å². The van der Waals surface area contributed by atoms with Gasteiger partial charge in [-0.05, 0) is 13.8 Å². The minimum atomic E-state index is -0.156. The Morgan fingerprint density at radius 2 is 2.24 bits per heavy atom. The fourth-order valence-electron chi connectivity index (χ4n) is 1.35. The Morgan fingerprint density at radius 3 is 2.76 bits per heavy atom. The molecule has 0 saturated carbocycles. The number of aryl methyl sites for hydroxylation is 2. The number of hydrogen-bond acceptors (Lipinski definition) is 6. The smallest absolute Gasteiger partial charge is 0.284 e. The van der Waals surface area contributed by atoms with Gasteiger partial charge in [0.05, 0.1) is 6.54 Å². The molecule has 6 nitrogen and oxygen atoms in total. The minimum Gasteiger partial charge on any atom is -0.361 e. The lowest BCUT2D eigenvalue weighted by Crippen LogP contribution is -2.26. The molecule has 0 unspecified atom stereocenters. The first-order chi connectivity index (χ1) is 8.06. The van der Waals surface area contributed by atoms with Gasteiger partial charge >= 0.3 is 0 Å². The van der Waals surface area contributed by atoms with E-state index in [0.717, 1.165) is 16.5 Å². The largest absolute Gasteiger partial charge is 0.361 e. The van der Waals surface area contributed by atoms with E-state index in [-0.39, 0.29) is 5.91 Å². The molecule has 0 radical (unpaired) electrons. The first kappa shape index (κ1) is 11.7. The van der Waals surface area contributed by atoms with Crippen LogP contribution < -0.4 is 0 Å². The lowest BCUT2D eigenvalue weighted by Gasteiger charge is -2.12. The van der Waals surface area contributed by atoms with Gasteiger partial charge in [0.15, 0.2) is 0 Å². The molecule has 0 aliphatic carbocycles. The normalized spacial score (nSPS) is 10.5. The molecule has 0 saturated heterocycles. The van der Waals surface area contributed by atoms with Crippen molar-refractivity contribution in [2.45, 2.75) is 20.4 Å². The SMILES string of the molecule is Cc1cc(CN(C)C(=O)c2nnc(C)s2)no1. The molecule has 17 heavy (non-hydrogen) atoms. The van der Waals surface area contributed by atoms with E-state index in [1.54, 1.807) is 13.1 Å². The molecule has 0 fully saturated rings. The van der Waals surface area contributed by atoms with E-state index in [1.165, 1.54) is 16.2 Å². The van der Waals surface area contributed by atoms with Gasteiger partial charge in [-0.3, -0.25) is 4.79 Å². The summed E-state index contributed by atoms with van der Waals surface area (Å²) in [5.41, 5.74) is 0.722. The van der Waals surface area contributed by atoms with Crippen LogP contribution in [0.5, 0.6) is 0 Å². The number of amides is 1. The zero-order valence-electron chi connectivity index (χ0n) is 9.80. The second-order valence-electron chi connectivity index (χ2n) is 3.72. The zero-order valence-corrected chi connectivity index (χ0v) is 10.6. The maximum Gasteiger partial charge on any atom is 0.284 e. The topological polar surface area (TPSA) is 72.1 Å². The van der Waals surface area contributed by atoms with E-state index >= 15 is 0 Å². The molecule has 2 aromatic rings. The van der Waals surface area contributed by atoms with Crippen molar-refractivity contribution in [3.63, 3.8) is 0 Å². The molecule has 2 aromatic heterocycles. The molecule has 2 heterocycles. The second kappa shape index (κ2) is 4.62. The summed E-state index contributed by atoms with van der Waals surface area (Å²) in [5, 5.41) is 12.6. The predicted molar refractivity (Wildman–Crippen MR) is 61.7 cm³/mol. The fourth-order valence-corrected chi connectivity index (χ4v) is 2.04. The van der Waals surface area contributed by atoms with Crippen LogP contribution in [0.3, 0.4) is 0 Å². The average Bonchev–Trinajstić information content (AvgIpc) is 2.87. The summed E-state index contributed by atoms with van der Waals surface area (Å²) in [5.74, 6) is 0.573. The number of carbonyl (C=O) groups excluding carboxylic acids is 1. The molecule has 0 aliphatic heterocycles. The molecular weight excluding hydrogens is 240 g/mol. The second-order valence-corrected chi connectivity index (χ2v) is 4.90. The Bertz CT molecular complexity index is 534. The van der Waals surface area contributed by atoms with Crippen molar-refractivity contribution in [1.82, 2.24) is 20.3 Å². The Labute approximate surface area is 102 Å². The minimum absolute atomic E-state index is 0.156. The maximum absolute atomic E-state index is 11.9. The van der Waals surface area contributed by atoms with Crippen LogP contribution in [0.1, 0.15) is 26.3 Å². The van der Waals surface area contributed by atoms with Crippen molar-refractivity contribution in [2.24, 2.45) is 0 Å². The van der Waals surface area contributed by atoms with Crippen molar-refractivity contribution in [3.05, 3.63) is 27.5 Å². The van der Waals surface area contributed by atoms with E-state index < -0.39 is 0 Å². The first-order valence-corrected chi connectivity index (χ1v) is 5.85. The molecule has 0 atom stereocenters. The monoisotopic (exact) mass is 252 g/mol. The van der Waals surface area contributed by atoms with Crippen LogP contribution in [0.25, 0.3) is 0 Å². The van der Waals surface area contributed by atoms with Crippen LogP contribution in [0.4, 0.5) is 0 Å². The summed E-state index contributed by atoms with van der Waals surface area (Å²) in [7, 11) is 1.70. The lowest BCUT2D eigenvalue weighted by molar-refractivity contribution is 0.0781. The molecule has 0 bridgehead atoms. The number of rotatable bonds is 3. The zero-order chi connectivity index (χ0) is 12.4. The molecule has 0 N–H and O–H groups in total. The molecule has 0 spiro atoms. The van der Waals surface area contributed by atoms with Gasteiger partial charge in [0.25, 0.3) is 5.91 Å². The molecule has 1 amide bonds. The lowest BCUT2D eigenvalue weighted by atomic mass is 10.3. The number of hydrogen-bond donors (Lipinski definition) is 0. The van der Waals surface area contributed by atoms with Gasteiger partial charge in [0.1, 0.15) is 16.5 Å². The summed E-state index contributed by atoms with van der Waals surface area (Å²) >= 11 is 1.28. The average molecular weight is 252 g/mol. The first-order valence-electron chi connectivity index (χ1n) is 5.04. The number of nitrogens with zero attached hydrogens (tertiary/aromatic N) is 4. The van der Waals surface area contributed by atoms with Crippen LogP contribution in [0.15, 0.2) is 10.6 Å². The number of aromatic nitrogens is 3. The van der Waals surface area contributed by atoms with E-state index in [4.69, 9.17) is 4.52 Å². The Balaban J connectivity index is 2.05. The molecule has 0 aromatic carbocycles. The van der Waals surface area contributed by atoms with Gasteiger partial charge in [-0.15, -0.1) is 10.2 Å². The summed E-state index contributed by atoms with van der Waals surface area (Å²) in [6, 6.07) is 1.80. The van der Waals surface area contributed by atoms with Crippen LogP contribution in [0, 0.1) is 13.8 Å².